The van der Waals surface area contributed by atoms with Gasteiger partial charge < -0.3 is 15.1 Å². The molecule has 1 saturated heterocycles. The second-order valence-corrected chi connectivity index (χ2v) is 6.73. The van der Waals surface area contributed by atoms with Gasteiger partial charge in [-0.05, 0) is 31.2 Å². The molecule has 0 aromatic heterocycles. The van der Waals surface area contributed by atoms with Crippen LogP contribution in [0.1, 0.15) is 17.3 Å². The average molecular weight is 372 g/mol. The monoisotopic (exact) mass is 371 g/mol. The predicted molar refractivity (Wildman–Crippen MR) is 104 cm³/mol. The molecule has 2 amide bonds. The summed E-state index contributed by atoms with van der Waals surface area (Å²) in [5, 5.41) is 3.12. The van der Waals surface area contributed by atoms with Crippen LogP contribution in [0.2, 0.25) is 5.02 Å². The second-order valence-electron chi connectivity index (χ2n) is 6.32. The molecule has 136 valence electrons. The topological polar surface area (TPSA) is 52.7 Å². The van der Waals surface area contributed by atoms with Crippen molar-refractivity contribution >= 4 is 29.1 Å². The Balaban J connectivity index is 1.55. The Kier molecular flexibility index (Phi) is 5.78. The van der Waals surface area contributed by atoms with Crippen molar-refractivity contribution in [2.24, 2.45) is 0 Å². The lowest BCUT2D eigenvalue weighted by Crippen LogP contribution is -2.54. The van der Waals surface area contributed by atoms with E-state index in [9.17, 15) is 9.59 Å². The van der Waals surface area contributed by atoms with Crippen molar-refractivity contribution in [2.75, 3.05) is 31.1 Å². The highest BCUT2D eigenvalue weighted by Gasteiger charge is 2.26. The molecule has 1 heterocycles. The van der Waals surface area contributed by atoms with Crippen LogP contribution in [0.25, 0.3) is 0 Å². The summed E-state index contributed by atoms with van der Waals surface area (Å²) in [6, 6.07) is 16.4. The first-order chi connectivity index (χ1) is 12.6. The van der Waals surface area contributed by atoms with Crippen LogP contribution in [0.15, 0.2) is 54.6 Å². The minimum atomic E-state index is -0.595. The number of hydrogen-bond acceptors (Lipinski definition) is 3. The van der Waals surface area contributed by atoms with Gasteiger partial charge in [-0.15, -0.1) is 0 Å². The number of piperazine rings is 1. The van der Waals surface area contributed by atoms with Crippen LogP contribution in [0.5, 0.6) is 0 Å². The molecule has 6 heteroatoms. The third-order valence-electron chi connectivity index (χ3n) is 4.55. The summed E-state index contributed by atoms with van der Waals surface area (Å²) >= 11 is 6.04. The second kappa shape index (κ2) is 8.23. The van der Waals surface area contributed by atoms with Gasteiger partial charge >= 0.3 is 0 Å². The number of anilines is 1. The Morgan fingerprint density at radius 2 is 1.58 bits per heavy atom. The van der Waals surface area contributed by atoms with Crippen LogP contribution in [0.4, 0.5) is 5.69 Å². The molecule has 0 saturated carbocycles. The standard InChI is InChI=1S/C20H22ClN3O2/c1-15(22-19(25)17-9-5-6-10-18(17)21)20(26)24-13-11-23(12-14-24)16-7-3-2-4-8-16/h2-10,15H,11-14H2,1H3,(H,22,25)/t15-/m0/s1. The maximum Gasteiger partial charge on any atom is 0.253 e. The number of halogens is 1. The fourth-order valence-corrected chi connectivity index (χ4v) is 3.30. The van der Waals surface area contributed by atoms with Crippen molar-refractivity contribution in [2.45, 2.75) is 13.0 Å². The van der Waals surface area contributed by atoms with Crippen molar-refractivity contribution in [3.05, 3.63) is 65.2 Å². The first-order valence-corrected chi connectivity index (χ1v) is 9.08. The Bertz CT molecular complexity index is 774. The molecule has 0 aliphatic carbocycles. The van der Waals surface area contributed by atoms with Gasteiger partial charge in [0.25, 0.3) is 5.91 Å². The highest BCUT2D eigenvalue weighted by Crippen LogP contribution is 2.17. The van der Waals surface area contributed by atoms with Gasteiger partial charge in [-0.3, -0.25) is 9.59 Å². The molecule has 1 N–H and O–H groups in total. The molecule has 0 spiro atoms. The zero-order chi connectivity index (χ0) is 18.5. The molecule has 0 unspecified atom stereocenters. The Morgan fingerprint density at radius 3 is 2.23 bits per heavy atom. The lowest BCUT2D eigenvalue weighted by molar-refractivity contribution is -0.133. The molecule has 1 aliphatic heterocycles. The Labute approximate surface area is 158 Å². The summed E-state index contributed by atoms with van der Waals surface area (Å²) in [5.74, 6) is -0.405. The number of amides is 2. The highest BCUT2D eigenvalue weighted by molar-refractivity contribution is 6.33. The molecular formula is C20H22ClN3O2. The number of hydrogen-bond donors (Lipinski definition) is 1. The van der Waals surface area contributed by atoms with E-state index in [1.54, 1.807) is 36.1 Å². The van der Waals surface area contributed by atoms with E-state index in [0.717, 1.165) is 13.1 Å². The number of nitrogens with one attached hydrogen (secondary N) is 1. The number of para-hydroxylation sites is 1. The maximum absolute atomic E-state index is 12.7. The summed E-state index contributed by atoms with van der Waals surface area (Å²) < 4.78 is 0. The normalized spacial score (nSPS) is 15.5. The molecule has 5 nitrogen and oxygen atoms in total. The quantitative estimate of drug-likeness (QED) is 0.899. The number of carbonyl (C=O) groups excluding carboxylic acids is 2. The van der Waals surface area contributed by atoms with Gasteiger partial charge in [-0.2, -0.15) is 0 Å². The first-order valence-electron chi connectivity index (χ1n) is 8.70. The third kappa shape index (κ3) is 4.17. The molecule has 1 fully saturated rings. The van der Waals surface area contributed by atoms with Crippen LogP contribution < -0.4 is 10.2 Å². The lowest BCUT2D eigenvalue weighted by Gasteiger charge is -2.37. The van der Waals surface area contributed by atoms with E-state index in [-0.39, 0.29) is 11.8 Å². The largest absolute Gasteiger partial charge is 0.368 e. The zero-order valence-corrected chi connectivity index (χ0v) is 15.4. The van der Waals surface area contributed by atoms with Crippen molar-refractivity contribution in [1.82, 2.24) is 10.2 Å². The Hall–Kier alpha value is -2.53. The van der Waals surface area contributed by atoms with E-state index < -0.39 is 6.04 Å². The molecule has 2 aromatic rings. The van der Waals surface area contributed by atoms with Crippen LogP contribution in [-0.4, -0.2) is 48.9 Å². The van der Waals surface area contributed by atoms with Gasteiger partial charge in [0.1, 0.15) is 6.04 Å². The van der Waals surface area contributed by atoms with Crippen LogP contribution >= 0.6 is 11.6 Å². The van der Waals surface area contributed by atoms with Crippen molar-refractivity contribution in [3.8, 4) is 0 Å². The molecule has 2 aromatic carbocycles. The fraction of sp³-hybridized carbons (Fsp3) is 0.300. The molecule has 0 bridgehead atoms. The summed E-state index contributed by atoms with van der Waals surface area (Å²) in [5.41, 5.74) is 1.54. The minimum absolute atomic E-state index is 0.0712. The predicted octanol–water partition coefficient (Wildman–Crippen LogP) is 2.81. The van der Waals surface area contributed by atoms with Gasteiger partial charge in [0.05, 0.1) is 10.6 Å². The number of carbonyl (C=O) groups is 2. The number of rotatable bonds is 4. The molecular weight excluding hydrogens is 350 g/mol. The highest BCUT2D eigenvalue weighted by atomic mass is 35.5. The van der Waals surface area contributed by atoms with E-state index in [1.165, 1.54) is 5.69 Å². The SMILES string of the molecule is C[C@H](NC(=O)c1ccccc1Cl)C(=O)N1CCN(c2ccccc2)CC1. The zero-order valence-electron chi connectivity index (χ0n) is 14.7. The summed E-state index contributed by atoms with van der Waals surface area (Å²) in [6.07, 6.45) is 0. The van der Waals surface area contributed by atoms with Gasteiger partial charge in [0, 0.05) is 31.9 Å². The van der Waals surface area contributed by atoms with E-state index in [4.69, 9.17) is 11.6 Å². The van der Waals surface area contributed by atoms with Gasteiger partial charge in [-0.1, -0.05) is 41.9 Å². The summed E-state index contributed by atoms with van der Waals surface area (Å²) in [4.78, 5) is 29.0. The van der Waals surface area contributed by atoms with Gasteiger partial charge in [0.15, 0.2) is 0 Å². The van der Waals surface area contributed by atoms with E-state index in [0.29, 0.717) is 23.7 Å². The van der Waals surface area contributed by atoms with E-state index in [2.05, 4.69) is 22.3 Å². The van der Waals surface area contributed by atoms with Gasteiger partial charge in [0.2, 0.25) is 5.91 Å². The third-order valence-corrected chi connectivity index (χ3v) is 4.88. The van der Waals surface area contributed by atoms with E-state index in [1.807, 2.05) is 18.2 Å². The van der Waals surface area contributed by atoms with Crippen LogP contribution in [-0.2, 0) is 4.79 Å². The van der Waals surface area contributed by atoms with Crippen LogP contribution in [0.3, 0.4) is 0 Å². The minimum Gasteiger partial charge on any atom is -0.368 e. The molecule has 1 atom stereocenters. The summed E-state index contributed by atoms with van der Waals surface area (Å²) in [6.45, 7) is 4.54. The van der Waals surface area contributed by atoms with E-state index >= 15 is 0 Å². The first kappa shape index (κ1) is 18.3. The average Bonchev–Trinajstić information content (AvgIpc) is 2.68. The van der Waals surface area contributed by atoms with Crippen molar-refractivity contribution in [1.29, 1.82) is 0 Å². The molecule has 0 radical (unpaired) electrons. The molecule has 3 rings (SSSR count). The summed E-state index contributed by atoms with van der Waals surface area (Å²) in [7, 11) is 0. The number of nitrogens with zero attached hydrogens (tertiary/aromatic N) is 2. The fourth-order valence-electron chi connectivity index (χ4n) is 3.08. The molecule has 26 heavy (non-hydrogen) atoms. The maximum atomic E-state index is 12.7. The lowest BCUT2D eigenvalue weighted by atomic mass is 10.1. The van der Waals surface area contributed by atoms with Crippen molar-refractivity contribution in [3.63, 3.8) is 0 Å². The van der Waals surface area contributed by atoms with Crippen LogP contribution in [0, 0.1) is 0 Å². The van der Waals surface area contributed by atoms with Gasteiger partial charge in [-0.25, -0.2) is 0 Å². The number of benzene rings is 2. The molecule has 1 aliphatic rings. The smallest absolute Gasteiger partial charge is 0.253 e. The van der Waals surface area contributed by atoms with Crippen molar-refractivity contribution < 1.29 is 9.59 Å². The Morgan fingerprint density at radius 1 is 0.962 bits per heavy atom.